The normalized spacial score (nSPS) is 11.8. The highest BCUT2D eigenvalue weighted by Gasteiger charge is 2.27. The first-order valence-electron chi connectivity index (χ1n) is 3.01. The summed E-state index contributed by atoms with van der Waals surface area (Å²) >= 11 is 3.67. The number of amides is 1. The molecule has 0 aromatic carbocycles. The van der Waals surface area contributed by atoms with Crippen LogP contribution in [0.25, 0.3) is 0 Å². The van der Waals surface area contributed by atoms with E-state index in [0.717, 1.165) is 6.92 Å². The second-order valence-corrected chi connectivity index (χ2v) is 2.35. The molecular formula is C5H8N2O4S. The Morgan fingerprint density at radius 1 is 1.67 bits per heavy atom. The summed E-state index contributed by atoms with van der Waals surface area (Å²) in [5.74, 6) is -2.17. The van der Waals surface area contributed by atoms with Crippen LogP contribution in [-0.2, 0) is 9.59 Å². The van der Waals surface area contributed by atoms with Gasteiger partial charge in [0.1, 0.15) is 0 Å². The van der Waals surface area contributed by atoms with E-state index >= 15 is 0 Å². The molecule has 0 aliphatic rings. The van der Waals surface area contributed by atoms with Gasteiger partial charge in [0.05, 0.1) is 5.29 Å². The number of thiol groups is 1. The molecule has 12 heavy (non-hydrogen) atoms. The molecule has 68 valence electrons. The molecule has 0 aliphatic heterocycles. The summed E-state index contributed by atoms with van der Waals surface area (Å²) in [6.07, 6.45) is 0. The second kappa shape index (κ2) is 4.70. The first kappa shape index (κ1) is 10.9. The predicted octanol–water partition coefficient (Wildman–Crippen LogP) is -0.101. The molecular weight excluding hydrogens is 184 g/mol. The Labute approximate surface area is 73.9 Å². The van der Waals surface area contributed by atoms with E-state index in [9.17, 15) is 14.5 Å². The maximum atomic E-state index is 10.6. The molecule has 0 aromatic heterocycles. The fourth-order valence-corrected chi connectivity index (χ4v) is 0.905. The number of aliphatic carboxylic acids is 1. The molecule has 0 aromatic rings. The van der Waals surface area contributed by atoms with Crippen molar-refractivity contribution in [3.05, 3.63) is 4.91 Å². The summed E-state index contributed by atoms with van der Waals surface area (Å²) in [4.78, 5) is 31.0. The molecule has 1 N–H and O–H groups in total. The minimum Gasteiger partial charge on any atom is -0.480 e. The maximum absolute atomic E-state index is 10.6. The van der Waals surface area contributed by atoms with Gasteiger partial charge in [-0.25, -0.2) is 4.79 Å². The van der Waals surface area contributed by atoms with Gasteiger partial charge in [-0.15, -0.1) is 4.91 Å². The Bertz CT molecular complexity index is 208. The summed E-state index contributed by atoms with van der Waals surface area (Å²) in [5, 5.41) is 11.1. The lowest BCUT2D eigenvalue weighted by Gasteiger charge is -2.16. The smallest absolute Gasteiger partial charge is 0.329 e. The Balaban J connectivity index is 4.55. The van der Waals surface area contributed by atoms with Crippen LogP contribution in [0.3, 0.4) is 0 Å². The number of hydrogen-bond acceptors (Lipinski definition) is 5. The van der Waals surface area contributed by atoms with Crippen LogP contribution in [-0.4, -0.2) is 33.8 Å². The van der Waals surface area contributed by atoms with E-state index in [4.69, 9.17) is 5.11 Å². The number of nitroso groups, excluding NO2 is 1. The van der Waals surface area contributed by atoms with E-state index in [-0.39, 0.29) is 5.75 Å². The van der Waals surface area contributed by atoms with Crippen molar-refractivity contribution >= 4 is 24.5 Å². The lowest BCUT2D eigenvalue weighted by molar-refractivity contribution is -0.148. The van der Waals surface area contributed by atoms with Gasteiger partial charge in [0.2, 0.25) is 5.91 Å². The fourth-order valence-electron chi connectivity index (χ4n) is 0.594. The molecule has 0 fully saturated rings. The lowest BCUT2D eigenvalue weighted by atomic mass is 10.3. The SMILES string of the molecule is CC(=O)N(N=O)[C@@H](CS)C(=O)O. The summed E-state index contributed by atoms with van der Waals surface area (Å²) in [6.45, 7) is 1.06. The van der Waals surface area contributed by atoms with Crippen molar-refractivity contribution in [2.45, 2.75) is 13.0 Å². The van der Waals surface area contributed by atoms with Crippen LogP contribution in [0.2, 0.25) is 0 Å². The van der Waals surface area contributed by atoms with Gasteiger partial charge in [-0.3, -0.25) is 4.79 Å². The number of carbonyl (C=O) groups excluding carboxylic acids is 1. The number of carbonyl (C=O) groups is 2. The molecule has 1 atom stereocenters. The van der Waals surface area contributed by atoms with Gasteiger partial charge >= 0.3 is 5.97 Å². The van der Waals surface area contributed by atoms with Gasteiger partial charge in [-0.05, 0) is 0 Å². The van der Waals surface area contributed by atoms with E-state index in [2.05, 4.69) is 17.9 Å². The molecule has 1 amide bonds. The molecule has 0 unspecified atom stereocenters. The summed E-state index contributed by atoms with van der Waals surface area (Å²) < 4.78 is 0. The molecule has 0 rings (SSSR count). The average Bonchev–Trinajstić information content (AvgIpc) is 1.98. The topological polar surface area (TPSA) is 87.0 Å². The first-order chi connectivity index (χ1) is 5.54. The number of hydrogen-bond donors (Lipinski definition) is 2. The van der Waals surface area contributed by atoms with E-state index < -0.39 is 17.9 Å². The quantitative estimate of drug-likeness (QED) is 0.370. The van der Waals surface area contributed by atoms with E-state index in [1.54, 1.807) is 0 Å². The zero-order valence-electron chi connectivity index (χ0n) is 6.30. The third-order valence-corrected chi connectivity index (χ3v) is 1.51. The monoisotopic (exact) mass is 192 g/mol. The summed E-state index contributed by atoms with van der Waals surface area (Å²) in [6, 6.07) is -1.29. The number of nitrogens with zero attached hydrogens (tertiary/aromatic N) is 2. The highest BCUT2D eigenvalue weighted by molar-refractivity contribution is 7.80. The lowest BCUT2D eigenvalue weighted by Crippen LogP contribution is -2.41. The summed E-state index contributed by atoms with van der Waals surface area (Å²) in [7, 11) is 0. The number of rotatable bonds is 4. The minimum absolute atomic E-state index is 0.152. The molecule has 7 heteroatoms. The predicted molar refractivity (Wildman–Crippen MR) is 43.6 cm³/mol. The Kier molecular flexibility index (Phi) is 4.27. The molecule has 0 spiro atoms. The zero-order valence-corrected chi connectivity index (χ0v) is 7.19. The highest BCUT2D eigenvalue weighted by Crippen LogP contribution is 2.03. The van der Waals surface area contributed by atoms with Gasteiger partial charge in [-0.1, -0.05) is 0 Å². The van der Waals surface area contributed by atoms with Crippen molar-refractivity contribution in [1.82, 2.24) is 5.01 Å². The Hall–Kier alpha value is -1.11. The van der Waals surface area contributed by atoms with Crippen molar-refractivity contribution in [2.75, 3.05) is 5.75 Å². The van der Waals surface area contributed by atoms with Crippen LogP contribution in [0.4, 0.5) is 0 Å². The van der Waals surface area contributed by atoms with E-state index in [0.29, 0.717) is 5.01 Å². The van der Waals surface area contributed by atoms with Crippen molar-refractivity contribution < 1.29 is 14.7 Å². The van der Waals surface area contributed by atoms with Crippen LogP contribution in [0, 0.1) is 4.91 Å². The van der Waals surface area contributed by atoms with Crippen LogP contribution >= 0.6 is 12.6 Å². The van der Waals surface area contributed by atoms with Crippen molar-refractivity contribution in [2.24, 2.45) is 5.29 Å². The van der Waals surface area contributed by atoms with Gasteiger partial charge in [0.15, 0.2) is 6.04 Å². The number of carboxylic acid groups (broad SMARTS) is 1. The number of carboxylic acids is 1. The average molecular weight is 192 g/mol. The molecule has 0 saturated heterocycles. The van der Waals surface area contributed by atoms with Gasteiger partial charge in [0.25, 0.3) is 0 Å². The second-order valence-electron chi connectivity index (χ2n) is 1.98. The van der Waals surface area contributed by atoms with Crippen molar-refractivity contribution in [3.63, 3.8) is 0 Å². The summed E-state index contributed by atoms with van der Waals surface area (Å²) in [5.41, 5.74) is 0. The van der Waals surface area contributed by atoms with E-state index in [1.165, 1.54) is 0 Å². The van der Waals surface area contributed by atoms with Gasteiger partial charge < -0.3 is 5.11 Å². The molecule has 0 aliphatic carbocycles. The van der Waals surface area contributed by atoms with Crippen LogP contribution in [0.1, 0.15) is 6.92 Å². The molecule has 0 radical (unpaired) electrons. The third-order valence-electron chi connectivity index (χ3n) is 1.16. The Morgan fingerprint density at radius 3 is 2.25 bits per heavy atom. The molecule has 0 saturated carbocycles. The fraction of sp³-hybridized carbons (Fsp3) is 0.600. The van der Waals surface area contributed by atoms with Crippen molar-refractivity contribution in [1.29, 1.82) is 0 Å². The molecule has 6 nitrogen and oxygen atoms in total. The standard InChI is InChI=1S/C5H8N2O4S/c1-3(8)7(6-11)4(2-12)5(9)10/h4,12H,2H2,1H3,(H,9,10)/t4-/m0/s1. The maximum Gasteiger partial charge on any atom is 0.329 e. The van der Waals surface area contributed by atoms with Gasteiger partial charge in [-0.2, -0.15) is 17.6 Å². The highest BCUT2D eigenvalue weighted by atomic mass is 32.1. The van der Waals surface area contributed by atoms with E-state index in [1.807, 2.05) is 0 Å². The minimum atomic E-state index is -1.31. The molecule has 0 heterocycles. The molecule has 0 bridgehead atoms. The largest absolute Gasteiger partial charge is 0.480 e. The first-order valence-corrected chi connectivity index (χ1v) is 3.64. The van der Waals surface area contributed by atoms with Crippen LogP contribution in [0.15, 0.2) is 5.29 Å². The third kappa shape index (κ3) is 2.50. The van der Waals surface area contributed by atoms with Crippen molar-refractivity contribution in [3.8, 4) is 0 Å². The Morgan fingerprint density at radius 2 is 2.17 bits per heavy atom. The van der Waals surface area contributed by atoms with Gasteiger partial charge in [0, 0.05) is 12.7 Å². The van der Waals surface area contributed by atoms with Crippen LogP contribution < -0.4 is 0 Å². The zero-order chi connectivity index (χ0) is 9.72. The van der Waals surface area contributed by atoms with Crippen LogP contribution in [0.5, 0.6) is 0 Å².